The van der Waals surface area contributed by atoms with E-state index in [-0.39, 0.29) is 22.4 Å². The van der Waals surface area contributed by atoms with Gasteiger partial charge in [-0.05, 0) is 73.3 Å². The molecule has 7 rings (SSSR count). The molecule has 1 saturated carbocycles. The van der Waals surface area contributed by atoms with Gasteiger partial charge < -0.3 is 15.4 Å². The van der Waals surface area contributed by atoms with Crippen molar-refractivity contribution in [2.45, 2.75) is 50.5 Å². The normalized spacial score (nSPS) is 20.4. The van der Waals surface area contributed by atoms with Crippen molar-refractivity contribution in [1.82, 2.24) is 20.2 Å². The number of H-pyrrole nitrogens is 2. The Bertz CT molecular complexity index is 1650. The fourth-order valence-corrected chi connectivity index (χ4v) is 6.84. The summed E-state index contributed by atoms with van der Waals surface area (Å²) < 4.78 is 4.95. The van der Waals surface area contributed by atoms with Gasteiger partial charge in [-0.25, -0.2) is 4.79 Å². The van der Waals surface area contributed by atoms with Gasteiger partial charge >= 0.3 is 6.09 Å². The van der Waals surface area contributed by atoms with Gasteiger partial charge in [0.2, 0.25) is 5.95 Å². The molecular formula is C30H33N7O3. The Balaban J connectivity index is 1.11. The number of anilines is 2. The van der Waals surface area contributed by atoms with Crippen molar-refractivity contribution < 1.29 is 9.53 Å². The number of piperidine rings is 1. The number of nitrogens with two attached hydrogens (primary N) is 1. The van der Waals surface area contributed by atoms with E-state index < -0.39 is 6.09 Å². The largest absolute Gasteiger partial charge is 0.450 e. The zero-order chi connectivity index (χ0) is 27.5. The van der Waals surface area contributed by atoms with E-state index >= 15 is 0 Å². The lowest BCUT2D eigenvalue weighted by Gasteiger charge is -2.42. The number of benzene rings is 2. The first kappa shape index (κ1) is 24.8. The molecule has 0 radical (unpaired) electrons. The highest BCUT2D eigenvalue weighted by atomic mass is 16.5. The van der Waals surface area contributed by atoms with Crippen molar-refractivity contribution in [3.05, 3.63) is 81.3 Å². The highest BCUT2D eigenvalue weighted by molar-refractivity contribution is 5.85. The molecule has 3 heterocycles. The number of aromatic amines is 2. The van der Waals surface area contributed by atoms with Crippen LogP contribution < -0.4 is 21.5 Å². The number of nitrogens with zero attached hydrogens (tertiary/aromatic N) is 3. The minimum atomic E-state index is -0.483. The number of nitrogens with one attached hydrogen (secondary N) is 3. The first-order valence-electron chi connectivity index (χ1n) is 14.0. The Hall–Kier alpha value is -4.18. The van der Waals surface area contributed by atoms with E-state index in [1.807, 2.05) is 24.3 Å². The zero-order valence-corrected chi connectivity index (χ0v) is 22.5. The molecule has 0 unspecified atom stereocenters. The fraction of sp³-hybridized carbons (Fsp3) is 0.400. The van der Waals surface area contributed by atoms with Gasteiger partial charge in [0.05, 0.1) is 12.3 Å². The average molecular weight is 540 g/mol. The Kier molecular flexibility index (Phi) is 5.71. The summed E-state index contributed by atoms with van der Waals surface area (Å²) in [7, 11) is 0. The van der Waals surface area contributed by atoms with Crippen LogP contribution in [0.5, 0.6) is 0 Å². The van der Waals surface area contributed by atoms with Gasteiger partial charge in [0.1, 0.15) is 5.39 Å². The molecule has 10 nitrogen and oxygen atoms in total. The van der Waals surface area contributed by atoms with Crippen LogP contribution in [0.3, 0.4) is 0 Å². The molecule has 40 heavy (non-hydrogen) atoms. The highest BCUT2D eigenvalue weighted by Crippen LogP contribution is 2.54. The zero-order valence-electron chi connectivity index (χ0n) is 22.5. The van der Waals surface area contributed by atoms with E-state index in [1.165, 1.54) is 11.1 Å². The third kappa shape index (κ3) is 3.89. The summed E-state index contributed by atoms with van der Waals surface area (Å²) in [6, 6.07) is 16.2. The summed E-state index contributed by atoms with van der Waals surface area (Å²) in [6.07, 6.45) is 4.19. The van der Waals surface area contributed by atoms with Gasteiger partial charge in [-0.1, -0.05) is 36.4 Å². The Morgan fingerprint density at radius 2 is 1.88 bits per heavy atom. The smallest absolute Gasteiger partial charge is 0.411 e. The molecule has 5 N–H and O–H groups in total. The van der Waals surface area contributed by atoms with Crippen LogP contribution in [-0.2, 0) is 16.6 Å². The van der Waals surface area contributed by atoms with Crippen molar-refractivity contribution in [3.8, 4) is 0 Å². The second-order valence-electron chi connectivity index (χ2n) is 11.4. The minimum Gasteiger partial charge on any atom is -0.450 e. The number of carbonyl (C=O) groups excluding carboxylic acids is 1. The van der Waals surface area contributed by atoms with E-state index in [4.69, 9.17) is 15.5 Å². The summed E-state index contributed by atoms with van der Waals surface area (Å²) in [5, 5.41) is 10.9. The molecule has 1 amide bonds. The first-order chi connectivity index (χ1) is 19.4. The number of amides is 1. The summed E-state index contributed by atoms with van der Waals surface area (Å²) in [4.78, 5) is 35.2. The third-order valence-electron chi connectivity index (χ3n) is 9.23. The van der Waals surface area contributed by atoms with Gasteiger partial charge in [0, 0.05) is 30.2 Å². The molecule has 10 heteroatoms. The number of aromatic nitrogens is 4. The Morgan fingerprint density at radius 3 is 2.58 bits per heavy atom. The molecule has 2 aromatic carbocycles. The van der Waals surface area contributed by atoms with Gasteiger partial charge in [-0.3, -0.25) is 20.2 Å². The maximum absolute atomic E-state index is 13.5. The van der Waals surface area contributed by atoms with Gasteiger partial charge in [0.25, 0.3) is 5.56 Å². The molecule has 4 aromatic rings. The number of hydrogen-bond acceptors (Lipinski definition) is 7. The van der Waals surface area contributed by atoms with E-state index in [9.17, 15) is 9.59 Å². The van der Waals surface area contributed by atoms with E-state index in [0.29, 0.717) is 29.3 Å². The quantitative estimate of drug-likeness (QED) is 0.299. The van der Waals surface area contributed by atoms with Crippen molar-refractivity contribution >= 4 is 28.8 Å². The maximum atomic E-state index is 13.5. The van der Waals surface area contributed by atoms with Crippen molar-refractivity contribution in [2.24, 2.45) is 11.1 Å². The van der Waals surface area contributed by atoms with E-state index in [1.54, 1.807) is 6.92 Å². The first-order valence-corrected chi connectivity index (χ1v) is 14.0. The van der Waals surface area contributed by atoms with Crippen LogP contribution in [0.1, 0.15) is 61.0 Å². The molecule has 1 saturated heterocycles. The third-order valence-corrected chi connectivity index (χ3v) is 9.23. The maximum Gasteiger partial charge on any atom is 0.411 e. The molecule has 1 aliphatic heterocycles. The number of rotatable bonds is 5. The second-order valence-corrected chi connectivity index (χ2v) is 11.4. The SMILES string of the molecule is CCOC(=O)Nc1ccc(C2(c3n[nH]c4nc(N5CCC6(CC5)Cc5ccccc5[C@H]6N)[nH]c(=O)c34)CC2)cc1. The van der Waals surface area contributed by atoms with Crippen LogP contribution in [0.4, 0.5) is 16.4 Å². The molecule has 2 aliphatic carbocycles. The van der Waals surface area contributed by atoms with Gasteiger partial charge in [-0.15, -0.1) is 0 Å². The molecule has 0 bridgehead atoms. The van der Waals surface area contributed by atoms with E-state index in [0.717, 1.165) is 56.5 Å². The summed E-state index contributed by atoms with van der Waals surface area (Å²) in [5.41, 5.74) is 11.8. The van der Waals surface area contributed by atoms with Crippen LogP contribution in [0.15, 0.2) is 53.3 Å². The molecular weight excluding hydrogens is 506 g/mol. The summed E-state index contributed by atoms with van der Waals surface area (Å²) >= 11 is 0. The lowest BCUT2D eigenvalue weighted by atomic mass is 9.73. The number of hydrogen-bond donors (Lipinski definition) is 4. The second kappa shape index (κ2) is 9.19. The standard InChI is InChI=1S/C30H33N7O3/c1-2-40-28(39)32-20-9-7-19(8-10-20)30(11-12-30)24-22-25(36-35-24)33-27(34-26(22)38)37-15-13-29(14-16-37)17-18-5-3-4-6-21(18)23(29)31/h3-10,23H,2,11-17,31H2,1H3,(H,32,39)(H2,33,34,35,36,38)/t23-/m1/s1. The predicted molar refractivity (Wildman–Crippen MR) is 153 cm³/mol. The van der Waals surface area contributed by atoms with E-state index in [2.05, 4.69) is 49.7 Å². The summed E-state index contributed by atoms with van der Waals surface area (Å²) in [5.74, 6) is 0.575. The molecule has 1 atom stereocenters. The van der Waals surface area contributed by atoms with Crippen LogP contribution in [0.2, 0.25) is 0 Å². The van der Waals surface area contributed by atoms with Crippen molar-refractivity contribution in [2.75, 3.05) is 29.9 Å². The van der Waals surface area contributed by atoms with Crippen molar-refractivity contribution in [3.63, 3.8) is 0 Å². The number of fused-ring (bicyclic) bond motifs is 2. The lowest BCUT2D eigenvalue weighted by Crippen LogP contribution is -2.45. The molecule has 1 spiro atoms. The average Bonchev–Trinajstić information content (AvgIpc) is 3.57. The van der Waals surface area contributed by atoms with Crippen LogP contribution in [-0.4, -0.2) is 46.0 Å². The van der Waals surface area contributed by atoms with Crippen LogP contribution >= 0.6 is 0 Å². The predicted octanol–water partition coefficient (Wildman–Crippen LogP) is 4.14. The monoisotopic (exact) mass is 539 g/mol. The van der Waals surface area contributed by atoms with Gasteiger partial charge in [0.15, 0.2) is 5.65 Å². The van der Waals surface area contributed by atoms with Crippen molar-refractivity contribution in [1.29, 1.82) is 0 Å². The molecule has 2 fully saturated rings. The topological polar surface area (TPSA) is 142 Å². The Morgan fingerprint density at radius 1 is 1.12 bits per heavy atom. The molecule has 2 aromatic heterocycles. The fourth-order valence-electron chi connectivity index (χ4n) is 6.84. The Labute approximate surface area is 231 Å². The lowest BCUT2D eigenvalue weighted by molar-refractivity contribution is 0.168. The number of ether oxygens (including phenoxy) is 1. The molecule has 206 valence electrons. The number of carbonyl (C=O) groups is 1. The van der Waals surface area contributed by atoms with Gasteiger partial charge in [-0.2, -0.15) is 10.1 Å². The molecule has 3 aliphatic rings. The minimum absolute atomic E-state index is 0.0419. The highest BCUT2D eigenvalue weighted by Gasteiger charge is 2.50. The summed E-state index contributed by atoms with van der Waals surface area (Å²) in [6.45, 7) is 3.64. The van der Waals surface area contributed by atoms with Crippen LogP contribution in [0, 0.1) is 5.41 Å². The van der Waals surface area contributed by atoms with Crippen LogP contribution in [0.25, 0.3) is 11.0 Å².